The number of amides is 1. The van der Waals surface area contributed by atoms with Gasteiger partial charge in [0.1, 0.15) is 11.3 Å². The van der Waals surface area contributed by atoms with E-state index in [-0.39, 0.29) is 17.4 Å². The third-order valence-electron chi connectivity index (χ3n) is 4.08. The van der Waals surface area contributed by atoms with Crippen LogP contribution in [-0.4, -0.2) is 22.7 Å². The predicted octanol–water partition coefficient (Wildman–Crippen LogP) is 3.77. The summed E-state index contributed by atoms with van der Waals surface area (Å²) in [7, 11) is 0. The van der Waals surface area contributed by atoms with Gasteiger partial charge >= 0.3 is 0 Å². The highest BCUT2D eigenvalue weighted by Gasteiger charge is 2.16. The third kappa shape index (κ3) is 3.17. The van der Waals surface area contributed by atoms with E-state index in [1.54, 1.807) is 18.2 Å². The molecule has 0 fully saturated rings. The summed E-state index contributed by atoms with van der Waals surface area (Å²) < 4.78 is 10.9. The van der Waals surface area contributed by atoms with Crippen LogP contribution in [0, 0.1) is 0 Å². The summed E-state index contributed by atoms with van der Waals surface area (Å²) in [5.41, 5.74) is 1.70. The topological polar surface area (TPSA) is 88.5 Å². The normalized spacial score (nSPS) is 10.9. The molecule has 2 aromatic heterocycles. The van der Waals surface area contributed by atoms with E-state index in [0.29, 0.717) is 24.5 Å². The van der Waals surface area contributed by atoms with Crippen molar-refractivity contribution in [2.45, 2.75) is 6.42 Å². The summed E-state index contributed by atoms with van der Waals surface area (Å²) in [6.07, 6.45) is 0.521. The lowest BCUT2D eigenvalue weighted by Crippen LogP contribution is -2.25. The molecule has 0 spiro atoms. The van der Waals surface area contributed by atoms with Crippen molar-refractivity contribution >= 4 is 16.9 Å². The molecular formula is C20H16N2O4. The zero-order valence-electron chi connectivity index (χ0n) is 13.8. The quantitative estimate of drug-likeness (QED) is 0.573. The van der Waals surface area contributed by atoms with Crippen molar-refractivity contribution in [1.82, 2.24) is 10.5 Å². The van der Waals surface area contributed by atoms with Gasteiger partial charge in [0.25, 0.3) is 5.91 Å². The number of furan rings is 1. The number of phenols is 1. The molecule has 4 rings (SSSR count). The molecule has 1 amide bonds. The Morgan fingerprint density at radius 2 is 1.85 bits per heavy atom. The van der Waals surface area contributed by atoms with Crippen molar-refractivity contribution in [3.05, 3.63) is 71.9 Å². The van der Waals surface area contributed by atoms with E-state index in [1.807, 2.05) is 42.5 Å². The summed E-state index contributed by atoms with van der Waals surface area (Å²) in [6.45, 7) is 0.378. The SMILES string of the molecule is O=C(NCCc1ccccc1O)c1cc(-c2cc3ccccc3o2)on1. The van der Waals surface area contributed by atoms with Crippen LogP contribution in [0.15, 0.2) is 69.6 Å². The minimum atomic E-state index is -0.341. The number of hydrogen-bond acceptors (Lipinski definition) is 5. The molecule has 0 aliphatic rings. The van der Waals surface area contributed by atoms with Gasteiger partial charge in [-0.15, -0.1) is 0 Å². The fraction of sp³-hybridized carbons (Fsp3) is 0.100. The van der Waals surface area contributed by atoms with Gasteiger partial charge in [-0.25, -0.2) is 0 Å². The summed E-state index contributed by atoms with van der Waals surface area (Å²) in [5, 5.41) is 17.3. The van der Waals surface area contributed by atoms with Gasteiger partial charge in [-0.1, -0.05) is 41.6 Å². The van der Waals surface area contributed by atoms with Crippen LogP contribution in [0.25, 0.3) is 22.5 Å². The molecule has 2 aromatic carbocycles. The first-order valence-electron chi connectivity index (χ1n) is 8.21. The number of nitrogens with zero attached hydrogens (tertiary/aromatic N) is 1. The monoisotopic (exact) mass is 348 g/mol. The van der Waals surface area contributed by atoms with Crippen LogP contribution in [0.2, 0.25) is 0 Å². The standard InChI is InChI=1S/C20H16N2O4/c23-16-7-3-1-5-13(16)9-10-21-20(24)15-12-19(26-22-15)18-11-14-6-2-4-8-17(14)25-18/h1-8,11-12,23H,9-10H2,(H,21,24). The molecule has 0 unspecified atom stereocenters. The van der Waals surface area contributed by atoms with Crippen LogP contribution < -0.4 is 5.32 Å². The Morgan fingerprint density at radius 3 is 2.69 bits per heavy atom. The molecule has 6 nitrogen and oxygen atoms in total. The number of fused-ring (bicyclic) bond motifs is 1. The number of aromatic nitrogens is 1. The van der Waals surface area contributed by atoms with Gasteiger partial charge in [0.2, 0.25) is 5.76 Å². The first kappa shape index (κ1) is 16.0. The van der Waals surface area contributed by atoms with Gasteiger partial charge < -0.3 is 19.4 Å². The highest BCUT2D eigenvalue weighted by molar-refractivity contribution is 5.93. The minimum absolute atomic E-state index is 0.178. The maximum absolute atomic E-state index is 12.2. The van der Waals surface area contributed by atoms with Crippen molar-refractivity contribution < 1.29 is 18.8 Å². The second-order valence-electron chi connectivity index (χ2n) is 5.86. The number of hydrogen-bond donors (Lipinski definition) is 2. The molecule has 0 aliphatic heterocycles. The van der Waals surface area contributed by atoms with Gasteiger partial charge in [-0.05, 0) is 30.2 Å². The molecule has 2 heterocycles. The lowest BCUT2D eigenvalue weighted by Gasteiger charge is -2.04. The minimum Gasteiger partial charge on any atom is -0.508 e. The first-order chi connectivity index (χ1) is 12.7. The van der Waals surface area contributed by atoms with Gasteiger partial charge in [0.15, 0.2) is 11.5 Å². The van der Waals surface area contributed by atoms with Gasteiger partial charge in [-0.3, -0.25) is 4.79 Å². The van der Waals surface area contributed by atoms with Crippen molar-refractivity contribution in [2.24, 2.45) is 0 Å². The van der Waals surface area contributed by atoms with Crippen molar-refractivity contribution in [2.75, 3.05) is 6.54 Å². The molecule has 2 N–H and O–H groups in total. The average molecular weight is 348 g/mol. The maximum atomic E-state index is 12.2. The number of phenolic OH excluding ortho intramolecular Hbond substituents is 1. The summed E-state index contributed by atoms with van der Waals surface area (Å²) in [5.74, 6) is 0.793. The molecule has 0 radical (unpaired) electrons. The van der Waals surface area contributed by atoms with E-state index in [0.717, 1.165) is 16.5 Å². The van der Waals surface area contributed by atoms with Crippen LogP contribution in [0.1, 0.15) is 16.1 Å². The van der Waals surface area contributed by atoms with Crippen molar-refractivity contribution in [3.63, 3.8) is 0 Å². The lowest BCUT2D eigenvalue weighted by atomic mass is 10.1. The average Bonchev–Trinajstić information content (AvgIpc) is 3.30. The zero-order valence-corrected chi connectivity index (χ0v) is 13.8. The van der Waals surface area contributed by atoms with Gasteiger partial charge in [0.05, 0.1) is 0 Å². The number of carbonyl (C=O) groups excluding carboxylic acids is 1. The predicted molar refractivity (Wildman–Crippen MR) is 95.9 cm³/mol. The molecule has 130 valence electrons. The zero-order chi connectivity index (χ0) is 17.9. The number of carbonyl (C=O) groups is 1. The molecule has 0 saturated carbocycles. The molecule has 0 saturated heterocycles. The fourth-order valence-corrected chi connectivity index (χ4v) is 2.73. The van der Waals surface area contributed by atoms with Crippen molar-refractivity contribution in [3.8, 4) is 17.3 Å². The maximum Gasteiger partial charge on any atom is 0.273 e. The summed E-state index contributed by atoms with van der Waals surface area (Å²) in [6, 6.07) is 18.0. The lowest BCUT2D eigenvalue weighted by molar-refractivity contribution is 0.0945. The smallest absolute Gasteiger partial charge is 0.273 e. The molecule has 26 heavy (non-hydrogen) atoms. The Balaban J connectivity index is 1.42. The largest absolute Gasteiger partial charge is 0.508 e. The Labute approximate surface area is 149 Å². The second-order valence-corrected chi connectivity index (χ2v) is 5.86. The Morgan fingerprint density at radius 1 is 1.04 bits per heavy atom. The van der Waals surface area contributed by atoms with E-state index in [1.165, 1.54) is 0 Å². The third-order valence-corrected chi connectivity index (χ3v) is 4.08. The van der Waals surface area contributed by atoms with E-state index in [9.17, 15) is 9.90 Å². The van der Waals surface area contributed by atoms with Crippen LogP contribution in [0.5, 0.6) is 5.75 Å². The molecule has 0 bridgehead atoms. The van der Waals surface area contributed by atoms with Crippen LogP contribution in [0.3, 0.4) is 0 Å². The molecule has 0 atom stereocenters. The molecular weight excluding hydrogens is 332 g/mol. The highest BCUT2D eigenvalue weighted by Crippen LogP contribution is 2.28. The fourth-order valence-electron chi connectivity index (χ4n) is 2.73. The van der Waals surface area contributed by atoms with Crippen LogP contribution in [-0.2, 0) is 6.42 Å². The molecule has 6 heteroatoms. The van der Waals surface area contributed by atoms with Gasteiger partial charge in [0, 0.05) is 18.0 Å². The Kier molecular flexibility index (Phi) is 4.15. The Hall–Kier alpha value is -3.54. The Bertz CT molecular complexity index is 1030. The number of para-hydroxylation sites is 2. The molecule has 0 aliphatic carbocycles. The van der Waals surface area contributed by atoms with Crippen LogP contribution in [0.4, 0.5) is 0 Å². The van der Waals surface area contributed by atoms with Crippen LogP contribution >= 0.6 is 0 Å². The van der Waals surface area contributed by atoms with Crippen molar-refractivity contribution in [1.29, 1.82) is 0 Å². The van der Waals surface area contributed by atoms with E-state index >= 15 is 0 Å². The number of nitrogens with one attached hydrogen (secondary N) is 1. The highest BCUT2D eigenvalue weighted by atomic mass is 16.5. The number of rotatable bonds is 5. The van der Waals surface area contributed by atoms with E-state index < -0.39 is 0 Å². The second kappa shape index (κ2) is 6.76. The summed E-state index contributed by atoms with van der Waals surface area (Å²) >= 11 is 0. The first-order valence-corrected chi connectivity index (χ1v) is 8.21. The number of aromatic hydroxyl groups is 1. The molecule has 4 aromatic rings. The van der Waals surface area contributed by atoms with Gasteiger partial charge in [-0.2, -0.15) is 0 Å². The number of benzene rings is 2. The summed E-state index contributed by atoms with van der Waals surface area (Å²) in [4.78, 5) is 12.2. The van der Waals surface area contributed by atoms with E-state index in [2.05, 4.69) is 10.5 Å². The van der Waals surface area contributed by atoms with E-state index in [4.69, 9.17) is 8.94 Å².